The summed E-state index contributed by atoms with van der Waals surface area (Å²) in [7, 11) is 1.65. The van der Waals surface area contributed by atoms with E-state index in [1.807, 2.05) is 23.0 Å². The molecule has 0 aliphatic rings. The molecular formula is C14H19N3O. The molecule has 0 unspecified atom stereocenters. The van der Waals surface area contributed by atoms with Crippen molar-refractivity contribution < 1.29 is 4.74 Å². The van der Waals surface area contributed by atoms with Gasteiger partial charge in [-0.15, -0.1) is 0 Å². The average molecular weight is 245 g/mol. The number of methoxy groups -OCH3 is 1. The molecule has 0 spiro atoms. The van der Waals surface area contributed by atoms with Gasteiger partial charge in [0.1, 0.15) is 0 Å². The van der Waals surface area contributed by atoms with Crippen molar-refractivity contribution in [2.24, 2.45) is 0 Å². The van der Waals surface area contributed by atoms with Gasteiger partial charge in [-0.1, -0.05) is 32.0 Å². The number of aromatic nitrogens is 2. The van der Waals surface area contributed by atoms with E-state index in [0.29, 0.717) is 6.04 Å². The first-order valence-electron chi connectivity index (χ1n) is 6.11. The number of para-hydroxylation sites is 1. The van der Waals surface area contributed by atoms with E-state index in [1.54, 1.807) is 13.3 Å². The third-order valence-corrected chi connectivity index (χ3v) is 2.73. The predicted molar refractivity (Wildman–Crippen MR) is 72.1 cm³/mol. The van der Waals surface area contributed by atoms with Gasteiger partial charge >= 0.3 is 0 Å². The van der Waals surface area contributed by atoms with Crippen LogP contribution in [-0.2, 0) is 6.54 Å². The Morgan fingerprint density at radius 1 is 1.33 bits per heavy atom. The Bertz CT molecular complexity index is 505. The van der Waals surface area contributed by atoms with E-state index in [1.165, 1.54) is 5.56 Å². The van der Waals surface area contributed by atoms with Crippen molar-refractivity contribution in [2.75, 3.05) is 7.11 Å². The molecule has 2 rings (SSSR count). The summed E-state index contributed by atoms with van der Waals surface area (Å²) in [5.74, 6) is 0.765. The van der Waals surface area contributed by atoms with E-state index >= 15 is 0 Å². The lowest BCUT2D eigenvalue weighted by molar-refractivity contribution is 0.414. The molecule has 4 nitrogen and oxygen atoms in total. The molecule has 0 atom stereocenters. The number of hydrogen-bond acceptors (Lipinski definition) is 3. The van der Waals surface area contributed by atoms with Gasteiger partial charge in [0.25, 0.3) is 0 Å². The van der Waals surface area contributed by atoms with Crippen molar-refractivity contribution >= 4 is 0 Å². The molecule has 0 saturated heterocycles. The monoisotopic (exact) mass is 245 g/mol. The van der Waals surface area contributed by atoms with Gasteiger partial charge in [0.2, 0.25) is 0 Å². The Labute approximate surface area is 108 Å². The van der Waals surface area contributed by atoms with Crippen molar-refractivity contribution in [2.45, 2.75) is 26.4 Å². The Kier molecular flexibility index (Phi) is 3.99. The number of nitrogens with zero attached hydrogens (tertiary/aromatic N) is 2. The van der Waals surface area contributed by atoms with Gasteiger partial charge in [-0.05, 0) is 11.6 Å². The number of benzene rings is 1. The first-order chi connectivity index (χ1) is 8.70. The van der Waals surface area contributed by atoms with Crippen molar-refractivity contribution in [1.82, 2.24) is 15.1 Å². The smallest absolute Gasteiger partial charge is 0.157 e. The maximum Gasteiger partial charge on any atom is 0.157 e. The topological polar surface area (TPSA) is 39.1 Å². The lowest BCUT2D eigenvalue weighted by Crippen LogP contribution is -2.22. The fourth-order valence-corrected chi connectivity index (χ4v) is 1.74. The zero-order valence-corrected chi connectivity index (χ0v) is 11.1. The lowest BCUT2D eigenvalue weighted by atomic mass is 10.1. The summed E-state index contributed by atoms with van der Waals surface area (Å²) in [4.78, 5) is 0. The van der Waals surface area contributed by atoms with E-state index in [0.717, 1.165) is 18.0 Å². The SMILES string of the molecule is COc1cnn(-c2ccccc2CNC(C)C)c1. The second kappa shape index (κ2) is 5.69. The Hall–Kier alpha value is -1.81. The molecule has 4 heteroatoms. The molecule has 18 heavy (non-hydrogen) atoms. The number of ether oxygens (including phenoxy) is 1. The number of hydrogen-bond donors (Lipinski definition) is 1. The van der Waals surface area contributed by atoms with Crippen LogP contribution in [0.15, 0.2) is 36.7 Å². The summed E-state index contributed by atoms with van der Waals surface area (Å²) < 4.78 is 7.00. The van der Waals surface area contributed by atoms with Crippen LogP contribution in [-0.4, -0.2) is 22.9 Å². The molecule has 0 bridgehead atoms. The van der Waals surface area contributed by atoms with Gasteiger partial charge in [-0.3, -0.25) is 0 Å². The molecule has 2 aromatic rings. The van der Waals surface area contributed by atoms with Gasteiger partial charge in [0.05, 0.1) is 25.2 Å². The summed E-state index contributed by atoms with van der Waals surface area (Å²) in [6.45, 7) is 5.11. The van der Waals surface area contributed by atoms with Crippen LogP contribution in [0.5, 0.6) is 5.75 Å². The van der Waals surface area contributed by atoms with Crippen LogP contribution in [0, 0.1) is 0 Å². The van der Waals surface area contributed by atoms with Crippen molar-refractivity contribution in [3.8, 4) is 11.4 Å². The minimum atomic E-state index is 0.463. The molecule has 1 N–H and O–H groups in total. The maximum absolute atomic E-state index is 5.16. The molecule has 0 radical (unpaired) electrons. The largest absolute Gasteiger partial charge is 0.493 e. The summed E-state index contributed by atoms with van der Waals surface area (Å²) in [5.41, 5.74) is 2.30. The summed E-state index contributed by atoms with van der Waals surface area (Å²) >= 11 is 0. The van der Waals surface area contributed by atoms with E-state index in [9.17, 15) is 0 Å². The summed E-state index contributed by atoms with van der Waals surface area (Å²) in [6.07, 6.45) is 3.60. The highest BCUT2D eigenvalue weighted by Gasteiger charge is 2.06. The maximum atomic E-state index is 5.16. The minimum Gasteiger partial charge on any atom is -0.493 e. The minimum absolute atomic E-state index is 0.463. The zero-order valence-electron chi connectivity index (χ0n) is 11.1. The third kappa shape index (κ3) is 2.90. The molecule has 0 amide bonds. The molecule has 1 heterocycles. The number of nitrogens with one attached hydrogen (secondary N) is 1. The van der Waals surface area contributed by atoms with Crippen LogP contribution in [0.4, 0.5) is 0 Å². The van der Waals surface area contributed by atoms with Crippen LogP contribution in [0.1, 0.15) is 19.4 Å². The molecule has 1 aromatic carbocycles. The highest BCUT2D eigenvalue weighted by Crippen LogP contribution is 2.17. The molecule has 96 valence electrons. The molecule has 0 fully saturated rings. The third-order valence-electron chi connectivity index (χ3n) is 2.73. The summed E-state index contributed by atoms with van der Waals surface area (Å²) in [6, 6.07) is 8.69. The molecule has 0 aliphatic heterocycles. The molecular weight excluding hydrogens is 226 g/mol. The zero-order chi connectivity index (χ0) is 13.0. The normalized spacial score (nSPS) is 10.9. The molecule has 0 saturated carbocycles. The first-order valence-corrected chi connectivity index (χ1v) is 6.11. The van der Waals surface area contributed by atoms with Gasteiger partial charge in [0, 0.05) is 12.6 Å². The van der Waals surface area contributed by atoms with Gasteiger partial charge in [-0.25, -0.2) is 4.68 Å². The van der Waals surface area contributed by atoms with Gasteiger partial charge < -0.3 is 10.1 Å². The standard InChI is InChI=1S/C14H19N3O/c1-11(2)15-8-12-6-4-5-7-14(12)17-10-13(18-3)9-16-17/h4-7,9-11,15H,8H2,1-3H3. The van der Waals surface area contributed by atoms with E-state index in [2.05, 4.69) is 36.4 Å². The van der Waals surface area contributed by atoms with Crippen LogP contribution in [0.2, 0.25) is 0 Å². The fourth-order valence-electron chi connectivity index (χ4n) is 1.74. The van der Waals surface area contributed by atoms with Crippen LogP contribution in [0.25, 0.3) is 5.69 Å². The highest BCUT2D eigenvalue weighted by molar-refractivity contribution is 5.41. The van der Waals surface area contributed by atoms with Crippen molar-refractivity contribution in [1.29, 1.82) is 0 Å². The predicted octanol–water partition coefficient (Wildman–Crippen LogP) is 2.38. The quantitative estimate of drug-likeness (QED) is 0.879. The first kappa shape index (κ1) is 12.6. The Morgan fingerprint density at radius 2 is 2.11 bits per heavy atom. The molecule has 0 aliphatic carbocycles. The van der Waals surface area contributed by atoms with Crippen LogP contribution >= 0.6 is 0 Å². The number of rotatable bonds is 5. The Balaban J connectivity index is 2.26. The molecule has 1 aromatic heterocycles. The van der Waals surface area contributed by atoms with Crippen molar-refractivity contribution in [3.05, 3.63) is 42.2 Å². The lowest BCUT2D eigenvalue weighted by Gasteiger charge is -2.12. The van der Waals surface area contributed by atoms with Gasteiger partial charge in [0.15, 0.2) is 5.75 Å². The fraction of sp³-hybridized carbons (Fsp3) is 0.357. The average Bonchev–Trinajstić information content (AvgIpc) is 2.85. The van der Waals surface area contributed by atoms with Crippen LogP contribution in [0.3, 0.4) is 0 Å². The summed E-state index contributed by atoms with van der Waals surface area (Å²) in [5, 5.41) is 7.73. The van der Waals surface area contributed by atoms with Crippen LogP contribution < -0.4 is 10.1 Å². The van der Waals surface area contributed by atoms with E-state index in [4.69, 9.17) is 4.74 Å². The van der Waals surface area contributed by atoms with E-state index < -0.39 is 0 Å². The Morgan fingerprint density at radius 3 is 2.78 bits per heavy atom. The van der Waals surface area contributed by atoms with E-state index in [-0.39, 0.29) is 0 Å². The van der Waals surface area contributed by atoms with Crippen molar-refractivity contribution in [3.63, 3.8) is 0 Å². The second-order valence-corrected chi connectivity index (χ2v) is 4.49. The second-order valence-electron chi connectivity index (χ2n) is 4.49. The van der Waals surface area contributed by atoms with Gasteiger partial charge in [-0.2, -0.15) is 5.10 Å². The highest BCUT2D eigenvalue weighted by atomic mass is 16.5.